The van der Waals surface area contributed by atoms with Gasteiger partial charge in [0.2, 0.25) is 0 Å². The Balaban J connectivity index is 1.75. The van der Waals surface area contributed by atoms with Crippen LogP contribution in [0.25, 0.3) is 0 Å². The van der Waals surface area contributed by atoms with Gasteiger partial charge in [0.15, 0.2) is 0 Å². The van der Waals surface area contributed by atoms with Gasteiger partial charge >= 0.3 is 17.9 Å². The van der Waals surface area contributed by atoms with Crippen LogP contribution >= 0.6 is 0 Å². The molecule has 0 aromatic heterocycles. The normalized spacial score (nSPS) is 51.4. The van der Waals surface area contributed by atoms with E-state index >= 15 is 0 Å². The van der Waals surface area contributed by atoms with Crippen LogP contribution in [0.15, 0.2) is 11.6 Å². The summed E-state index contributed by atoms with van der Waals surface area (Å²) < 4.78 is 17.1. The van der Waals surface area contributed by atoms with E-state index in [1.54, 1.807) is 6.92 Å². The first-order valence-corrected chi connectivity index (χ1v) is 16.5. The third-order valence-corrected chi connectivity index (χ3v) is 14.4. The molecular formula is C35H54O9. The molecule has 0 bridgehead atoms. The summed E-state index contributed by atoms with van der Waals surface area (Å²) in [6.07, 6.45) is 2.01. The second-order valence-corrected chi connectivity index (χ2v) is 16.0. The summed E-state index contributed by atoms with van der Waals surface area (Å²) in [6, 6.07) is 0. The van der Waals surface area contributed by atoms with Crippen LogP contribution in [0.3, 0.4) is 0 Å². The fourth-order valence-corrected chi connectivity index (χ4v) is 11.8. The van der Waals surface area contributed by atoms with Gasteiger partial charge in [-0.1, -0.05) is 40.2 Å². The number of ether oxygens (including phenoxy) is 3. The third-order valence-electron chi connectivity index (χ3n) is 14.4. The molecule has 4 saturated carbocycles. The molecule has 0 aromatic rings. The summed E-state index contributed by atoms with van der Waals surface area (Å²) in [7, 11) is 1.28. The van der Waals surface area contributed by atoms with Crippen molar-refractivity contribution in [3.63, 3.8) is 0 Å². The van der Waals surface area contributed by atoms with E-state index in [2.05, 4.69) is 33.8 Å². The van der Waals surface area contributed by atoms with Gasteiger partial charge in [0.1, 0.15) is 23.7 Å². The number of carbonyl (C=O) groups excluding carboxylic acids is 3. The van der Waals surface area contributed by atoms with E-state index < -0.39 is 70.4 Å². The van der Waals surface area contributed by atoms with Crippen LogP contribution in [0.5, 0.6) is 0 Å². The molecule has 0 heterocycles. The van der Waals surface area contributed by atoms with Gasteiger partial charge in [-0.15, -0.1) is 0 Å². The highest BCUT2D eigenvalue weighted by Gasteiger charge is 2.76. The quantitative estimate of drug-likeness (QED) is 0.240. The smallest absolute Gasteiger partial charge is 0.315 e. The SMILES string of the molecule is COC(=O)[C@]1(C)[C@@H](OC(C)=O)[C@H](O)[C@H](O)[C@]2(C)[C@H]3[C@H](OC(C)=O)C=C4[C@@H]5[C@@H](C)[C@H](C)CC[C@]5(CO)CC[C@@]4(C)[C@]3(C)CC[C@@H]12. The molecule has 3 N–H and O–H groups in total. The Bertz CT molecular complexity index is 1230. The maximum absolute atomic E-state index is 13.7. The summed E-state index contributed by atoms with van der Waals surface area (Å²) in [6.45, 7) is 15.4. The molecular weight excluding hydrogens is 564 g/mol. The highest BCUT2D eigenvalue weighted by Crippen LogP contribution is 2.76. The Morgan fingerprint density at radius 1 is 0.932 bits per heavy atom. The summed E-state index contributed by atoms with van der Waals surface area (Å²) >= 11 is 0. The second-order valence-electron chi connectivity index (χ2n) is 16.0. The van der Waals surface area contributed by atoms with Gasteiger partial charge in [-0.3, -0.25) is 14.4 Å². The minimum atomic E-state index is -1.57. The van der Waals surface area contributed by atoms with Crippen LogP contribution in [0.2, 0.25) is 0 Å². The molecule has 0 spiro atoms. The summed E-state index contributed by atoms with van der Waals surface area (Å²) in [5.41, 5.74) is -2.44. The molecule has 0 aliphatic heterocycles. The van der Waals surface area contributed by atoms with E-state index in [0.717, 1.165) is 25.7 Å². The number of hydrogen-bond donors (Lipinski definition) is 3. The number of aliphatic hydroxyl groups is 3. The maximum atomic E-state index is 13.7. The van der Waals surface area contributed by atoms with E-state index in [1.807, 2.05) is 6.92 Å². The minimum Gasteiger partial charge on any atom is -0.468 e. The number of esters is 3. The fraction of sp³-hybridized carbons (Fsp3) is 0.857. The maximum Gasteiger partial charge on any atom is 0.315 e. The van der Waals surface area contributed by atoms with Crippen molar-refractivity contribution < 1.29 is 43.9 Å². The van der Waals surface area contributed by atoms with Crippen LogP contribution < -0.4 is 0 Å². The lowest BCUT2D eigenvalue weighted by Gasteiger charge is -2.73. The standard InChI is InChI=1S/C35H54O9/c1-18-10-13-35(17-36)15-14-31(5)22(25(35)19(18)2)16-23(43-20(3)37)27-32(31,6)12-11-24-33(27,7)28(40)26(39)29(44-21(4)38)34(24,8)30(41)42-9/h16,18-19,23-29,36,39-40H,10-15,17H2,1-9H3/t18-,19+,23-,24-,25+,26-,27+,28+,29+,31-,32-,33+,34+,35-/m1/s1. The van der Waals surface area contributed by atoms with Gasteiger partial charge in [-0.2, -0.15) is 0 Å². The van der Waals surface area contributed by atoms with Gasteiger partial charge in [0.05, 0.1) is 13.2 Å². The Labute approximate surface area is 262 Å². The van der Waals surface area contributed by atoms with Crippen LogP contribution in [0, 0.1) is 56.7 Å². The van der Waals surface area contributed by atoms with Crippen molar-refractivity contribution in [1.29, 1.82) is 0 Å². The number of hydrogen-bond acceptors (Lipinski definition) is 9. The van der Waals surface area contributed by atoms with Gasteiger partial charge in [-0.25, -0.2) is 0 Å². The number of allylic oxidation sites excluding steroid dienone is 1. The highest BCUT2D eigenvalue weighted by atomic mass is 16.6. The number of aliphatic hydroxyl groups excluding tert-OH is 3. The summed E-state index contributed by atoms with van der Waals surface area (Å²) in [4.78, 5) is 38.7. The first-order chi connectivity index (χ1) is 20.4. The topological polar surface area (TPSA) is 140 Å². The lowest BCUT2D eigenvalue weighted by atomic mass is 9.32. The molecule has 0 unspecified atom stereocenters. The molecule has 0 saturated heterocycles. The molecule has 4 fully saturated rings. The molecule has 0 amide bonds. The number of rotatable bonds is 4. The lowest BCUT2D eigenvalue weighted by molar-refractivity contribution is -0.295. The van der Waals surface area contributed by atoms with Crippen LogP contribution in [0.4, 0.5) is 0 Å². The first kappa shape index (κ1) is 33.4. The second kappa shape index (κ2) is 10.8. The third kappa shape index (κ3) is 4.16. The molecule has 9 nitrogen and oxygen atoms in total. The van der Waals surface area contributed by atoms with Crippen molar-refractivity contribution in [2.75, 3.05) is 13.7 Å². The molecule has 248 valence electrons. The van der Waals surface area contributed by atoms with E-state index in [1.165, 1.54) is 26.5 Å². The molecule has 44 heavy (non-hydrogen) atoms. The summed E-state index contributed by atoms with van der Waals surface area (Å²) in [5.74, 6) is -1.85. The Hall–Kier alpha value is -1.97. The predicted molar refractivity (Wildman–Crippen MR) is 162 cm³/mol. The predicted octanol–water partition coefficient (Wildman–Crippen LogP) is 4.20. The largest absolute Gasteiger partial charge is 0.468 e. The monoisotopic (exact) mass is 618 g/mol. The zero-order valence-corrected chi connectivity index (χ0v) is 28.0. The van der Waals surface area contributed by atoms with Crippen molar-refractivity contribution in [3.05, 3.63) is 11.6 Å². The molecule has 5 aliphatic carbocycles. The number of methoxy groups -OCH3 is 1. The molecule has 9 heteroatoms. The van der Waals surface area contributed by atoms with Crippen molar-refractivity contribution in [1.82, 2.24) is 0 Å². The fourth-order valence-electron chi connectivity index (χ4n) is 11.8. The van der Waals surface area contributed by atoms with Gasteiger partial charge in [-0.05, 0) is 86.0 Å². The average molecular weight is 619 g/mol. The van der Waals surface area contributed by atoms with Gasteiger partial charge in [0, 0.05) is 37.2 Å². The lowest BCUT2D eigenvalue weighted by Crippen LogP contribution is -2.76. The van der Waals surface area contributed by atoms with Crippen LogP contribution in [-0.4, -0.2) is 71.4 Å². The van der Waals surface area contributed by atoms with E-state index in [-0.39, 0.29) is 23.4 Å². The average Bonchev–Trinajstić information content (AvgIpc) is 2.96. The van der Waals surface area contributed by atoms with Crippen molar-refractivity contribution in [2.24, 2.45) is 56.7 Å². The molecule has 14 atom stereocenters. The van der Waals surface area contributed by atoms with Crippen LogP contribution in [0.1, 0.15) is 93.9 Å². The van der Waals surface area contributed by atoms with Crippen molar-refractivity contribution in [3.8, 4) is 0 Å². The zero-order chi connectivity index (χ0) is 32.8. The zero-order valence-electron chi connectivity index (χ0n) is 28.0. The molecule has 5 aliphatic rings. The van der Waals surface area contributed by atoms with E-state index in [4.69, 9.17) is 14.2 Å². The Morgan fingerprint density at radius 3 is 2.14 bits per heavy atom. The van der Waals surface area contributed by atoms with Gasteiger partial charge < -0.3 is 29.5 Å². The van der Waals surface area contributed by atoms with E-state index in [0.29, 0.717) is 24.7 Å². The van der Waals surface area contributed by atoms with Gasteiger partial charge in [0.25, 0.3) is 0 Å². The molecule has 0 aromatic carbocycles. The molecule has 0 radical (unpaired) electrons. The minimum absolute atomic E-state index is 0.111. The highest BCUT2D eigenvalue weighted by molar-refractivity contribution is 5.79. The first-order valence-electron chi connectivity index (χ1n) is 16.5. The number of fused-ring (bicyclic) bond motifs is 7. The van der Waals surface area contributed by atoms with Crippen molar-refractivity contribution in [2.45, 2.75) is 118 Å². The summed E-state index contributed by atoms with van der Waals surface area (Å²) in [5, 5.41) is 34.7. The van der Waals surface area contributed by atoms with Crippen molar-refractivity contribution >= 4 is 17.9 Å². The Kier molecular flexibility index (Phi) is 8.20. The number of carbonyl (C=O) groups is 3. The van der Waals surface area contributed by atoms with E-state index in [9.17, 15) is 29.7 Å². The molecule has 5 rings (SSSR count). The Morgan fingerprint density at radius 2 is 1.57 bits per heavy atom. The van der Waals surface area contributed by atoms with Crippen LogP contribution in [-0.2, 0) is 28.6 Å².